The Morgan fingerprint density at radius 3 is 2.52 bits per heavy atom. The maximum atomic E-state index is 12.2. The van der Waals surface area contributed by atoms with Crippen molar-refractivity contribution in [1.82, 2.24) is 4.90 Å². The standard InChI is InChI=1S/C17H21NO3/c1-3-13-4-6-14(7-5-13)8-9-16(19)18-11-10-15(12(18)2)17(20)21/h4-9,12,15H,3,10-11H2,1-2H3,(H,20,21). The number of likely N-dealkylation sites (tertiary alicyclic amines) is 1. The Hall–Kier alpha value is -2.10. The number of carbonyl (C=O) groups is 2. The molecule has 1 fully saturated rings. The zero-order valence-corrected chi connectivity index (χ0v) is 12.5. The van der Waals surface area contributed by atoms with Crippen LogP contribution in [0.2, 0.25) is 0 Å². The molecule has 1 heterocycles. The minimum Gasteiger partial charge on any atom is -0.481 e. The van der Waals surface area contributed by atoms with Crippen molar-refractivity contribution < 1.29 is 14.7 Å². The molecule has 1 N–H and O–H groups in total. The minimum absolute atomic E-state index is 0.120. The fourth-order valence-electron chi connectivity index (χ4n) is 2.71. The van der Waals surface area contributed by atoms with Crippen molar-refractivity contribution in [3.63, 3.8) is 0 Å². The lowest BCUT2D eigenvalue weighted by molar-refractivity contribution is -0.142. The first-order valence-corrected chi connectivity index (χ1v) is 7.33. The second-order valence-corrected chi connectivity index (χ2v) is 5.43. The number of rotatable bonds is 4. The summed E-state index contributed by atoms with van der Waals surface area (Å²) < 4.78 is 0. The third-order valence-electron chi connectivity index (χ3n) is 4.16. The smallest absolute Gasteiger partial charge is 0.308 e. The number of nitrogens with zero attached hydrogens (tertiary/aromatic N) is 1. The Bertz CT molecular complexity index is 548. The van der Waals surface area contributed by atoms with E-state index in [0.717, 1.165) is 12.0 Å². The van der Waals surface area contributed by atoms with Gasteiger partial charge in [-0.2, -0.15) is 0 Å². The van der Waals surface area contributed by atoms with E-state index in [4.69, 9.17) is 5.11 Å². The first kappa shape index (κ1) is 15.3. The molecule has 21 heavy (non-hydrogen) atoms. The minimum atomic E-state index is -0.822. The summed E-state index contributed by atoms with van der Waals surface area (Å²) in [6.07, 6.45) is 4.83. The molecular weight excluding hydrogens is 266 g/mol. The molecule has 2 atom stereocenters. The first-order valence-electron chi connectivity index (χ1n) is 7.33. The third kappa shape index (κ3) is 3.51. The number of carboxylic acids is 1. The van der Waals surface area contributed by atoms with Crippen molar-refractivity contribution in [3.05, 3.63) is 41.5 Å². The van der Waals surface area contributed by atoms with E-state index in [1.165, 1.54) is 11.6 Å². The normalized spacial score (nSPS) is 21.9. The molecule has 1 saturated heterocycles. The van der Waals surface area contributed by atoms with Crippen LogP contribution in [0.25, 0.3) is 6.08 Å². The average Bonchev–Trinajstić information content (AvgIpc) is 2.87. The molecular formula is C17H21NO3. The van der Waals surface area contributed by atoms with Gasteiger partial charge in [0, 0.05) is 18.7 Å². The van der Waals surface area contributed by atoms with Gasteiger partial charge >= 0.3 is 5.97 Å². The van der Waals surface area contributed by atoms with E-state index in [2.05, 4.69) is 6.92 Å². The highest BCUT2D eigenvalue weighted by atomic mass is 16.4. The maximum Gasteiger partial charge on any atom is 0.308 e. The quantitative estimate of drug-likeness (QED) is 0.866. The molecule has 0 saturated carbocycles. The summed E-state index contributed by atoms with van der Waals surface area (Å²) in [4.78, 5) is 24.9. The lowest BCUT2D eigenvalue weighted by atomic mass is 10.0. The number of aryl methyl sites for hydroxylation is 1. The molecule has 4 heteroatoms. The van der Waals surface area contributed by atoms with Gasteiger partial charge in [0.1, 0.15) is 0 Å². The van der Waals surface area contributed by atoms with Crippen molar-refractivity contribution in [2.75, 3.05) is 6.54 Å². The van der Waals surface area contributed by atoms with Gasteiger partial charge in [-0.3, -0.25) is 9.59 Å². The lowest BCUT2D eigenvalue weighted by Crippen LogP contribution is -2.36. The molecule has 0 radical (unpaired) electrons. The van der Waals surface area contributed by atoms with Crippen molar-refractivity contribution in [1.29, 1.82) is 0 Å². The van der Waals surface area contributed by atoms with Crippen LogP contribution in [0, 0.1) is 5.92 Å². The topological polar surface area (TPSA) is 57.6 Å². The van der Waals surface area contributed by atoms with Crippen LogP contribution in [0.5, 0.6) is 0 Å². The molecule has 0 aliphatic carbocycles. The number of aliphatic carboxylic acids is 1. The van der Waals surface area contributed by atoms with Gasteiger partial charge in [-0.1, -0.05) is 31.2 Å². The molecule has 1 aromatic carbocycles. The molecule has 0 aromatic heterocycles. The highest BCUT2D eigenvalue weighted by Crippen LogP contribution is 2.24. The van der Waals surface area contributed by atoms with Crippen LogP contribution in [0.4, 0.5) is 0 Å². The Morgan fingerprint density at radius 1 is 1.33 bits per heavy atom. The predicted molar refractivity (Wildman–Crippen MR) is 81.8 cm³/mol. The molecule has 1 aliphatic heterocycles. The van der Waals surface area contributed by atoms with Crippen LogP contribution in [-0.2, 0) is 16.0 Å². The fourth-order valence-corrected chi connectivity index (χ4v) is 2.71. The monoisotopic (exact) mass is 287 g/mol. The van der Waals surface area contributed by atoms with E-state index in [1.807, 2.05) is 24.3 Å². The first-order chi connectivity index (χ1) is 10.0. The molecule has 2 rings (SSSR count). The summed E-state index contributed by atoms with van der Waals surface area (Å²) in [5.74, 6) is -1.39. The van der Waals surface area contributed by atoms with Gasteiger partial charge in [-0.15, -0.1) is 0 Å². The number of carboxylic acid groups (broad SMARTS) is 1. The number of hydrogen-bond acceptors (Lipinski definition) is 2. The van der Waals surface area contributed by atoms with Gasteiger partial charge < -0.3 is 10.0 Å². The summed E-state index contributed by atoms with van der Waals surface area (Å²) in [7, 11) is 0. The van der Waals surface area contributed by atoms with Gasteiger partial charge in [0.15, 0.2) is 0 Å². The highest BCUT2D eigenvalue weighted by Gasteiger charge is 2.37. The second kappa shape index (κ2) is 6.57. The average molecular weight is 287 g/mol. The Kier molecular flexibility index (Phi) is 4.78. The van der Waals surface area contributed by atoms with Crippen LogP contribution in [0.1, 0.15) is 31.4 Å². The van der Waals surface area contributed by atoms with Crippen LogP contribution >= 0.6 is 0 Å². The number of hydrogen-bond donors (Lipinski definition) is 1. The van der Waals surface area contributed by atoms with Crippen LogP contribution < -0.4 is 0 Å². The Balaban J connectivity index is 2.00. The third-order valence-corrected chi connectivity index (χ3v) is 4.16. The fraction of sp³-hybridized carbons (Fsp3) is 0.412. The maximum absolute atomic E-state index is 12.2. The lowest BCUT2D eigenvalue weighted by Gasteiger charge is -2.21. The van der Waals surface area contributed by atoms with Gasteiger partial charge in [-0.25, -0.2) is 0 Å². The summed E-state index contributed by atoms with van der Waals surface area (Å²) in [5, 5.41) is 9.08. The predicted octanol–water partition coefficient (Wildman–Crippen LogP) is 2.58. The summed E-state index contributed by atoms with van der Waals surface area (Å²) >= 11 is 0. The van der Waals surface area contributed by atoms with Gasteiger partial charge in [0.05, 0.1) is 5.92 Å². The van der Waals surface area contributed by atoms with E-state index >= 15 is 0 Å². The molecule has 1 amide bonds. The van der Waals surface area contributed by atoms with Crippen LogP contribution in [0.15, 0.2) is 30.3 Å². The number of amides is 1. The van der Waals surface area contributed by atoms with Gasteiger partial charge in [0.25, 0.3) is 0 Å². The van der Waals surface area contributed by atoms with Crippen LogP contribution in [-0.4, -0.2) is 34.5 Å². The SMILES string of the molecule is CCc1ccc(C=CC(=O)N2CCC(C(=O)O)C2C)cc1. The molecule has 112 valence electrons. The van der Waals surface area contributed by atoms with E-state index in [-0.39, 0.29) is 11.9 Å². The molecule has 0 bridgehead atoms. The van der Waals surface area contributed by atoms with Crippen LogP contribution in [0.3, 0.4) is 0 Å². The van der Waals surface area contributed by atoms with E-state index in [1.54, 1.807) is 17.9 Å². The zero-order valence-electron chi connectivity index (χ0n) is 12.5. The van der Waals surface area contributed by atoms with Crippen molar-refractivity contribution in [2.45, 2.75) is 32.7 Å². The summed E-state index contributed by atoms with van der Waals surface area (Å²) in [6, 6.07) is 7.81. The Morgan fingerprint density at radius 2 is 2.00 bits per heavy atom. The molecule has 4 nitrogen and oxygen atoms in total. The van der Waals surface area contributed by atoms with E-state index in [9.17, 15) is 9.59 Å². The molecule has 0 spiro atoms. The zero-order chi connectivity index (χ0) is 15.4. The van der Waals surface area contributed by atoms with Crippen molar-refractivity contribution >= 4 is 18.0 Å². The Labute approximate surface area is 125 Å². The van der Waals surface area contributed by atoms with Gasteiger partial charge in [-0.05, 0) is 37.0 Å². The molecule has 2 unspecified atom stereocenters. The second-order valence-electron chi connectivity index (χ2n) is 5.43. The summed E-state index contributed by atoms with van der Waals surface area (Å²) in [5.41, 5.74) is 2.23. The van der Waals surface area contributed by atoms with E-state index in [0.29, 0.717) is 13.0 Å². The van der Waals surface area contributed by atoms with Gasteiger partial charge in [0.2, 0.25) is 5.91 Å². The molecule has 1 aromatic rings. The number of carbonyl (C=O) groups excluding carboxylic acids is 1. The highest BCUT2D eigenvalue weighted by molar-refractivity contribution is 5.92. The van der Waals surface area contributed by atoms with Crippen molar-refractivity contribution in [3.8, 4) is 0 Å². The summed E-state index contributed by atoms with van der Waals surface area (Å²) in [6.45, 7) is 4.41. The molecule has 1 aliphatic rings. The largest absolute Gasteiger partial charge is 0.481 e. The van der Waals surface area contributed by atoms with Crippen molar-refractivity contribution in [2.24, 2.45) is 5.92 Å². The number of benzene rings is 1. The van der Waals surface area contributed by atoms with E-state index < -0.39 is 11.9 Å².